The van der Waals surface area contributed by atoms with E-state index in [0.29, 0.717) is 17.5 Å². The molecule has 2 amide bonds. The molecule has 1 aliphatic carbocycles. The van der Waals surface area contributed by atoms with E-state index in [0.717, 1.165) is 43.6 Å². The fourth-order valence-corrected chi connectivity index (χ4v) is 5.80. The van der Waals surface area contributed by atoms with Crippen LogP contribution in [0.2, 0.25) is 0 Å². The van der Waals surface area contributed by atoms with Crippen LogP contribution in [0, 0.1) is 0 Å². The fraction of sp³-hybridized carbons (Fsp3) is 0.154. The number of allylic oxidation sites excluding steroid dienone is 1. The first-order valence-electron chi connectivity index (χ1n) is 11.1. The maximum Gasteiger partial charge on any atom is 0.262 e. The summed E-state index contributed by atoms with van der Waals surface area (Å²) in [5.74, 6) is -0.563. The molecule has 0 spiro atoms. The number of aromatic nitrogens is 2. The first kappa shape index (κ1) is 19.0. The topological polar surface area (TPSA) is 107 Å². The molecule has 34 heavy (non-hydrogen) atoms. The van der Waals surface area contributed by atoms with Crippen LogP contribution < -0.4 is 0 Å². The Hall–Kier alpha value is -4.55. The van der Waals surface area contributed by atoms with Crippen LogP contribution in [0.3, 0.4) is 0 Å². The van der Waals surface area contributed by atoms with Gasteiger partial charge in [-0.05, 0) is 24.1 Å². The predicted molar refractivity (Wildman–Crippen MR) is 131 cm³/mol. The van der Waals surface area contributed by atoms with Gasteiger partial charge in [-0.1, -0.05) is 53.7 Å². The van der Waals surface area contributed by atoms with Gasteiger partial charge in [0.05, 0.1) is 34.2 Å². The van der Waals surface area contributed by atoms with Gasteiger partial charge in [0.2, 0.25) is 0 Å². The summed E-state index contributed by atoms with van der Waals surface area (Å²) < 4.78 is 2.22. The lowest BCUT2D eigenvalue weighted by molar-refractivity contribution is 0.0694. The highest BCUT2D eigenvalue weighted by Crippen LogP contribution is 2.46. The molecule has 7 rings (SSSR count). The zero-order chi connectivity index (χ0) is 23.1. The molecule has 5 aromatic rings. The molecule has 2 aromatic heterocycles. The number of carbonyl (C=O) groups excluding carboxylic acids is 2. The van der Waals surface area contributed by atoms with E-state index >= 15 is 0 Å². The number of H-pyrrole nitrogens is 1. The van der Waals surface area contributed by atoms with Gasteiger partial charge in [0.1, 0.15) is 0 Å². The van der Waals surface area contributed by atoms with Crippen molar-refractivity contribution in [3.63, 3.8) is 0 Å². The SMILES string of the molecule is CN1C(=O)c2c(c3c4ccccc4n(C4C=C[C@@H](N=[N+]=[N-])C4)c3c3[nH]c4ccccc4c23)C1=O. The number of aromatic amines is 1. The summed E-state index contributed by atoms with van der Waals surface area (Å²) in [6, 6.07) is 15.5. The van der Waals surface area contributed by atoms with Crippen LogP contribution in [0.25, 0.3) is 54.1 Å². The first-order valence-corrected chi connectivity index (χ1v) is 11.1. The van der Waals surface area contributed by atoms with Crippen molar-refractivity contribution >= 4 is 55.4 Å². The number of imide groups is 1. The maximum atomic E-state index is 13.5. The lowest BCUT2D eigenvalue weighted by Crippen LogP contribution is -2.24. The third-order valence-electron chi connectivity index (χ3n) is 7.21. The van der Waals surface area contributed by atoms with Gasteiger partial charge < -0.3 is 9.55 Å². The van der Waals surface area contributed by atoms with Crippen LogP contribution in [-0.4, -0.2) is 39.4 Å². The van der Waals surface area contributed by atoms with E-state index in [4.69, 9.17) is 5.53 Å². The van der Waals surface area contributed by atoms with Crippen LogP contribution in [0.15, 0.2) is 65.8 Å². The van der Waals surface area contributed by atoms with Crippen LogP contribution in [0.1, 0.15) is 33.2 Å². The molecule has 2 aliphatic rings. The van der Waals surface area contributed by atoms with Gasteiger partial charge in [0.15, 0.2) is 0 Å². The lowest BCUT2D eigenvalue weighted by Gasteiger charge is -2.16. The molecule has 8 nitrogen and oxygen atoms in total. The van der Waals surface area contributed by atoms with Crippen LogP contribution in [0.5, 0.6) is 0 Å². The van der Waals surface area contributed by atoms with Gasteiger partial charge in [0, 0.05) is 44.5 Å². The molecule has 1 unspecified atom stereocenters. The normalized spacial score (nSPS) is 19.7. The molecule has 0 radical (unpaired) electrons. The Morgan fingerprint density at radius 2 is 1.68 bits per heavy atom. The van der Waals surface area contributed by atoms with E-state index in [1.165, 1.54) is 4.90 Å². The van der Waals surface area contributed by atoms with E-state index in [-0.39, 0.29) is 23.9 Å². The van der Waals surface area contributed by atoms with Gasteiger partial charge in [-0.3, -0.25) is 14.5 Å². The van der Waals surface area contributed by atoms with Gasteiger partial charge in [-0.15, -0.1) is 0 Å². The van der Waals surface area contributed by atoms with E-state index in [1.54, 1.807) is 7.05 Å². The van der Waals surface area contributed by atoms with E-state index in [2.05, 4.69) is 25.7 Å². The van der Waals surface area contributed by atoms with Crippen LogP contribution in [0.4, 0.5) is 0 Å². The largest absolute Gasteiger partial charge is 0.353 e. The van der Waals surface area contributed by atoms with E-state index in [1.807, 2.05) is 54.6 Å². The van der Waals surface area contributed by atoms with E-state index < -0.39 is 0 Å². The van der Waals surface area contributed by atoms with Crippen molar-refractivity contribution in [3.05, 3.63) is 82.3 Å². The highest BCUT2D eigenvalue weighted by molar-refractivity contribution is 6.39. The minimum absolute atomic E-state index is 0.0597. The molecule has 0 bridgehead atoms. The van der Waals surface area contributed by atoms with Gasteiger partial charge in [-0.25, -0.2) is 0 Å². The fourth-order valence-electron chi connectivity index (χ4n) is 5.80. The quantitative estimate of drug-likeness (QED) is 0.121. The smallest absolute Gasteiger partial charge is 0.262 e. The molecule has 3 heterocycles. The molecule has 2 atom stereocenters. The summed E-state index contributed by atoms with van der Waals surface area (Å²) in [7, 11) is 1.54. The Morgan fingerprint density at radius 3 is 2.47 bits per heavy atom. The monoisotopic (exact) mass is 446 g/mol. The minimum atomic E-state index is -0.283. The van der Waals surface area contributed by atoms with E-state index in [9.17, 15) is 9.59 Å². The van der Waals surface area contributed by atoms with Crippen molar-refractivity contribution in [3.8, 4) is 0 Å². The molecule has 3 aromatic carbocycles. The molecular weight excluding hydrogens is 428 g/mol. The molecule has 0 saturated heterocycles. The predicted octanol–water partition coefficient (Wildman–Crippen LogP) is 5.83. The van der Waals surface area contributed by atoms with Crippen molar-refractivity contribution in [1.82, 2.24) is 14.5 Å². The molecule has 8 heteroatoms. The minimum Gasteiger partial charge on any atom is -0.353 e. The van der Waals surface area contributed by atoms with Crippen molar-refractivity contribution in [2.24, 2.45) is 5.11 Å². The Morgan fingerprint density at radius 1 is 0.971 bits per heavy atom. The zero-order valence-corrected chi connectivity index (χ0v) is 18.2. The van der Waals surface area contributed by atoms with Crippen molar-refractivity contribution in [2.75, 3.05) is 7.05 Å². The maximum absolute atomic E-state index is 13.5. The highest BCUT2D eigenvalue weighted by atomic mass is 16.2. The summed E-state index contributed by atoms with van der Waals surface area (Å²) in [5.41, 5.74) is 13.5. The summed E-state index contributed by atoms with van der Waals surface area (Å²) in [5, 5.41) is 7.30. The van der Waals surface area contributed by atoms with Crippen molar-refractivity contribution < 1.29 is 9.59 Å². The highest BCUT2D eigenvalue weighted by Gasteiger charge is 2.40. The summed E-state index contributed by atoms with van der Waals surface area (Å²) in [4.78, 5) is 34.5. The number of amides is 2. The standard InChI is InChI=1S/C26H18N6O2/c1-31-25(33)21-19-15-6-2-4-8-17(15)28-23(19)24-20(22(21)26(31)34)16-7-3-5-9-18(16)32(24)14-11-10-13(12-14)29-30-27/h2-11,13-14,28H,12H2,1H3/t13-,14?/m1/s1. The summed E-state index contributed by atoms with van der Waals surface area (Å²) in [6.07, 6.45) is 4.62. The Balaban J connectivity index is 1.73. The van der Waals surface area contributed by atoms with Crippen LogP contribution >= 0.6 is 0 Å². The number of hydrogen-bond donors (Lipinski definition) is 1. The number of para-hydroxylation sites is 2. The number of carbonyl (C=O) groups is 2. The molecular formula is C26H18N6O2. The number of nitrogens with zero attached hydrogens (tertiary/aromatic N) is 5. The second kappa shape index (κ2) is 6.50. The van der Waals surface area contributed by atoms with Gasteiger partial charge >= 0.3 is 0 Å². The molecule has 0 fully saturated rings. The zero-order valence-electron chi connectivity index (χ0n) is 18.2. The Labute approximate surface area is 192 Å². The number of benzene rings is 3. The number of rotatable bonds is 2. The van der Waals surface area contributed by atoms with Gasteiger partial charge in [-0.2, -0.15) is 0 Å². The second-order valence-corrected chi connectivity index (χ2v) is 8.91. The Kier molecular flexibility index (Phi) is 3.62. The number of nitrogens with one attached hydrogen (secondary N) is 1. The van der Waals surface area contributed by atoms with Crippen molar-refractivity contribution in [2.45, 2.75) is 18.5 Å². The number of azide groups is 1. The molecule has 1 N–H and O–H groups in total. The first-order chi connectivity index (χ1) is 16.6. The van der Waals surface area contributed by atoms with Crippen LogP contribution in [-0.2, 0) is 0 Å². The Bertz CT molecular complexity index is 1820. The van der Waals surface area contributed by atoms with Gasteiger partial charge in [0.25, 0.3) is 11.8 Å². The second-order valence-electron chi connectivity index (χ2n) is 8.91. The third kappa shape index (κ3) is 2.20. The third-order valence-corrected chi connectivity index (χ3v) is 7.21. The summed E-state index contributed by atoms with van der Waals surface area (Å²) >= 11 is 0. The molecule has 164 valence electrons. The average Bonchev–Trinajstić information content (AvgIpc) is 3.59. The number of fused-ring (bicyclic) bond motifs is 10. The molecule has 0 saturated carbocycles. The lowest BCUT2D eigenvalue weighted by atomic mass is 9.96. The summed E-state index contributed by atoms with van der Waals surface area (Å²) in [6.45, 7) is 0. The average molecular weight is 446 g/mol. The van der Waals surface area contributed by atoms with Crippen molar-refractivity contribution in [1.29, 1.82) is 0 Å². The number of hydrogen-bond acceptors (Lipinski definition) is 3. The molecule has 1 aliphatic heterocycles.